The fourth-order valence-corrected chi connectivity index (χ4v) is 1.90. The van der Waals surface area contributed by atoms with Crippen molar-refractivity contribution >= 4 is 17.9 Å². The van der Waals surface area contributed by atoms with Gasteiger partial charge in [0.05, 0.1) is 25.9 Å². The molecule has 0 aromatic heterocycles. The largest absolute Gasteiger partial charge is 0.497 e. The zero-order chi connectivity index (χ0) is 16.7. The number of rotatable bonds is 7. The fraction of sp³-hybridized carbons (Fsp3) is 0.400. The second-order valence-electron chi connectivity index (χ2n) is 4.20. The molecule has 0 spiro atoms. The lowest BCUT2D eigenvalue weighted by atomic mass is 9.93. The van der Waals surface area contributed by atoms with E-state index in [-0.39, 0.29) is 24.3 Å². The van der Waals surface area contributed by atoms with E-state index in [1.165, 1.54) is 25.3 Å². The smallest absolute Gasteiger partial charge is 0.336 e. The molecular weight excluding hydrogens is 292 g/mol. The second-order valence-corrected chi connectivity index (χ2v) is 4.20. The van der Waals surface area contributed by atoms with Crippen molar-refractivity contribution in [2.24, 2.45) is 0 Å². The molecule has 0 heterocycles. The molecule has 0 unspecified atom stereocenters. The van der Waals surface area contributed by atoms with Crippen LogP contribution in [-0.2, 0) is 19.1 Å². The predicted molar refractivity (Wildman–Crippen MR) is 76.0 cm³/mol. The van der Waals surface area contributed by atoms with Crippen LogP contribution in [0.25, 0.3) is 0 Å². The van der Waals surface area contributed by atoms with Gasteiger partial charge in [0.15, 0.2) is 5.92 Å². The summed E-state index contributed by atoms with van der Waals surface area (Å²) in [6.07, 6.45) is 0. The van der Waals surface area contributed by atoms with Gasteiger partial charge in [0.1, 0.15) is 5.75 Å². The minimum Gasteiger partial charge on any atom is -0.497 e. The Morgan fingerprint density at radius 2 is 1.64 bits per heavy atom. The number of carboxylic acid groups (broad SMARTS) is 1. The molecule has 22 heavy (non-hydrogen) atoms. The van der Waals surface area contributed by atoms with Crippen LogP contribution in [0.1, 0.15) is 35.7 Å². The van der Waals surface area contributed by atoms with Gasteiger partial charge in [-0.25, -0.2) is 4.79 Å². The average Bonchev–Trinajstić information content (AvgIpc) is 2.48. The molecule has 120 valence electrons. The van der Waals surface area contributed by atoms with Crippen molar-refractivity contribution in [2.45, 2.75) is 19.8 Å². The van der Waals surface area contributed by atoms with Gasteiger partial charge < -0.3 is 19.3 Å². The highest BCUT2D eigenvalue weighted by Gasteiger charge is 2.34. The number of methoxy groups -OCH3 is 1. The van der Waals surface area contributed by atoms with Crippen LogP contribution < -0.4 is 4.74 Å². The van der Waals surface area contributed by atoms with Gasteiger partial charge in [0.25, 0.3) is 0 Å². The molecule has 1 aromatic carbocycles. The molecule has 0 saturated carbocycles. The highest BCUT2D eigenvalue weighted by atomic mass is 16.6. The summed E-state index contributed by atoms with van der Waals surface area (Å²) in [5.74, 6) is -4.14. The van der Waals surface area contributed by atoms with Crippen LogP contribution in [0.3, 0.4) is 0 Å². The summed E-state index contributed by atoms with van der Waals surface area (Å²) in [5.41, 5.74) is -0.212. The molecule has 0 aliphatic carbocycles. The minimum absolute atomic E-state index is 0.00481. The first-order chi connectivity index (χ1) is 10.5. The summed E-state index contributed by atoms with van der Waals surface area (Å²) in [4.78, 5) is 35.5. The lowest BCUT2D eigenvalue weighted by Gasteiger charge is -2.17. The molecule has 0 saturated heterocycles. The molecule has 7 nitrogen and oxygen atoms in total. The van der Waals surface area contributed by atoms with Crippen LogP contribution in [0.4, 0.5) is 0 Å². The molecule has 0 fully saturated rings. The number of esters is 2. The van der Waals surface area contributed by atoms with Crippen molar-refractivity contribution in [3.8, 4) is 5.75 Å². The molecule has 1 aromatic rings. The van der Waals surface area contributed by atoms with E-state index >= 15 is 0 Å². The molecule has 0 aliphatic rings. The highest BCUT2D eigenvalue weighted by molar-refractivity contribution is 6.04. The molecule has 0 atom stereocenters. The Bertz CT molecular complexity index is 547. The summed E-state index contributed by atoms with van der Waals surface area (Å²) >= 11 is 0. The Kier molecular flexibility index (Phi) is 6.37. The fourth-order valence-electron chi connectivity index (χ4n) is 1.90. The van der Waals surface area contributed by atoms with Crippen molar-refractivity contribution in [2.75, 3.05) is 20.3 Å². The average molecular weight is 310 g/mol. The van der Waals surface area contributed by atoms with Crippen LogP contribution in [0.5, 0.6) is 5.75 Å². The van der Waals surface area contributed by atoms with Crippen LogP contribution >= 0.6 is 0 Å². The Balaban J connectivity index is 3.37. The lowest BCUT2D eigenvalue weighted by Crippen LogP contribution is -2.27. The number of hydrogen-bond donors (Lipinski definition) is 1. The molecule has 0 bridgehead atoms. The maximum Gasteiger partial charge on any atom is 0.336 e. The SMILES string of the molecule is CCOC(=O)C(C(=O)OCC)c1ccc(OC)cc1C(=O)O. The van der Waals surface area contributed by atoms with E-state index in [0.29, 0.717) is 5.75 Å². The van der Waals surface area contributed by atoms with Gasteiger partial charge in [-0.3, -0.25) is 9.59 Å². The van der Waals surface area contributed by atoms with Gasteiger partial charge in [-0.1, -0.05) is 6.07 Å². The first-order valence-electron chi connectivity index (χ1n) is 6.70. The molecule has 0 aliphatic heterocycles. The van der Waals surface area contributed by atoms with E-state index < -0.39 is 23.8 Å². The van der Waals surface area contributed by atoms with Crippen molar-refractivity contribution in [3.63, 3.8) is 0 Å². The van der Waals surface area contributed by atoms with E-state index in [4.69, 9.17) is 14.2 Å². The number of carboxylic acids is 1. The summed E-state index contributed by atoms with van der Waals surface area (Å²) in [7, 11) is 1.38. The van der Waals surface area contributed by atoms with Gasteiger partial charge in [-0.15, -0.1) is 0 Å². The van der Waals surface area contributed by atoms with Crippen molar-refractivity contribution in [1.82, 2.24) is 0 Å². The minimum atomic E-state index is -1.45. The van der Waals surface area contributed by atoms with Crippen LogP contribution in [0.2, 0.25) is 0 Å². The topological polar surface area (TPSA) is 99.1 Å². The van der Waals surface area contributed by atoms with Crippen molar-refractivity contribution in [1.29, 1.82) is 0 Å². The third kappa shape index (κ3) is 3.97. The molecular formula is C15H18O7. The Morgan fingerprint density at radius 1 is 1.09 bits per heavy atom. The maximum absolute atomic E-state index is 12.0. The van der Waals surface area contributed by atoms with Crippen LogP contribution in [-0.4, -0.2) is 43.3 Å². The Morgan fingerprint density at radius 3 is 2.05 bits per heavy atom. The van der Waals surface area contributed by atoms with Gasteiger partial charge in [-0.05, 0) is 31.5 Å². The molecule has 0 radical (unpaired) electrons. The summed E-state index contributed by atoms with van der Waals surface area (Å²) in [5, 5.41) is 9.30. The number of hydrogen-bond acceptors (Lipinski definition) is 6. The van der Waals surface area contributed by atoms with E-state index in [9.17, 15) is 19.5 Å². The molecule has 7 heteroatoms. The second kappa shape index (κ2) is 8.02. The quantitative estimate of drug-likeness (QED) is 0.603. The van der Waals surface area contributed by atoms with Gasteiger partial charge in [0.2, 0.25) is 0 Å². The predicted octanol–water partition coefficient (Wildman–Crippen LogP) is 1.60. The lowest BCUT2D eigenvalue weighted by molar-refractivity contribution is -0.156. The first-order valence-corrected chi connectivity index (χ1v) is 6.70. The first kappa shape index (κ1) is 17.5. The summed E-state index contributed by atoms with van der Waals surface area (Å²) in [6.45, 7) is 3.30. The maximum atomic E-state index is 12.0. The highest BCUT2D eigenvalue weighted by Crippen LogP contribution is 2.27. The van der Waals surface area contributed by atoms with E-state index in [0.717, 1.165) is 0 Å². The van der Waals surface area contributed by atoms with E-state index in [1.54, 1.807) is 13.8 Å². The summed E-state index contributed by atoms with van der Waals surface area (Å²) in [6, 6.07) is 4.05. The zero-order valence-electron chi connectivity index (χ0n) is 12.6. The number of carbonyl (C=O) groups is 3. The van der Waals surface area contributed by atoms with Crippen LogP contribution in [0, 0.1) is 0 Å². The van der Waals surface area contributed by atoms with Gasteiger partial charge >= 0.3 is 17.9 Å². The number of ether oxygens (including phenoxy) is 3. The number of carbonyl (C=O) groups excluding carboxylic acids is 2. The standard InChI is InChI=1S/C15H18O7/c1-4-21-14(18)12(15(19)22-5-2)10-7-6-9(20-3)8-11(10)13(16)17/h6-8,12H,4-5H2,1-3H3,(H,16,17). The Hall–Kier alpha value is -2.57. The van der Waals surface area contributed by atoms with Crippen LogP contribution in [0.15, 0.2) is 18.2 Å². The number of aromatic carboxylic acids is 1. The van der Waals surface area contributed by atoms with E-state index in [2.05, 4.69) is 0 Å². The molecule has 1 rings (SSSR count). The van der Waals surface area contributed by atoms with E-state index in [1.807, 2.05) is 0 Å². The summed E-state index contributed by atoms with van der Waals surface area (Å²) < 4.78 is 14.7. The molecule has 1 N–H and O–H groups in total. The van der Waals surface area contributed by atoms with Crippen molar-refractivity contribution < 1.29 is 33.7 Å². The third-order valence-electron chi connectivity index (χ3n) is 2.85. The van der Waals surface area contributed by atoms with Crippen molar-refractivity contribution in [3.05, 3.63) is 29.3 Å². The Labute approximate surface area is 127 Å². The monoisotopic (exact) mass is 310 g/mol. The van der Waals surface area contributed by atoms with Gasteiger partial charge in [0, 0.05) is 0 Å². The normalized spacial score (nSPS) is 10.2. The zero-order valence-corrected chi connectivity index (χ0v) is 12.6. The molecule has 0 amide bonds. The number of benzene rings is 1. The third-order valence-corrected chi connectivity index (χ3v) is 2.85. The van der Waals surface area contributed by atoms with Gasteiger partial charge in [-0.2, -0.15) is 0 Å².